The average Bonchev–Trinajstić information content (AvgIpc) is 1.20. The number of hydrogen-bond donors (Lipinski definition) is 0. The second kappa shape index (κ2) is 1.41. The zero-order valence-corrected chi connectivity index (χ0v) is 5.91. The van der Waals surface area contributed by atoms with Crippen molar-refractivity contribution < 1.29 is 8.78 Å². The SMILES string of the molecule is FC1(F)[CH]C([Si])([Si])[CH]1. The molecule has 40 valence electrons. The lowest BCUT2D eigenvalue weighted by Crippen LogP contribution is -2.43. The van der Waals surface area contributed by atoms with Gasteiger partial charge in [-0.3, -0.25) is 0 Å². The normalized spacial score (nSPS) is 31.5. The number of halogens is 2. The first-order valence-corrected chi connectivity index (χ1v) is 3.03. The van der Waals surface area contributed by atoms with E-state index in [1.54, 1.807) is 0 Å². The first-order valence-electron chi connectivity index (χ1n) is 2.03. The van der Waals surface area contributed by atoms with Crippen molar-refractivity contribution in [2.45, 2.75) is 10.6 Å². The van der Waals surface area contributed by atoms with E-state index in [1.807, 2.05) is 0 Å². The predicted octanol–water partition coefficient (Wildman–Crippen LogP) is 0.497. The molecule has 0 saturated heterocycles. The molecule has 0 aromatic carbocycles. The second-order valence-electron chi connectivity index (χ2n) is 1.83. The maximum Gasteiger partial charge on any atom is 0.254 e. The van der Waals surface area contributed by atoms with Crippen molar-refractivity contribution >= 4 is 20.5 Å². The Morgan fingerprint density at radius 3 is 1.50 bits per heavy atom. The fourth-order valence-corrected chi connectivity index (χ4v) is 1.36. The van der Waals surface area contributed by atoms with Gasteiger partial charge in [-0.2, -0.15) is 0 Å². The highest BCUT2D eigenvalue weighted by molar-refractivity contribution is 6.43. The first-order chi connectivity index (χ1) is 3.41. The van der Waals surface area contributed by atoms with Crippen LogP contribution in [0.2, 0.25) is 4.66 Å². The van der Waals surface area contributed by atoms with Crippen molar-refractivity contribution in [3.63, 3.8) is 0 Å². The van der Waals surface area contributed by atoms with Crippen LogP contribution < -0.4 is 0 Å². The molecule has 0 aromatic rings. The van der Waals surface area contributed by atoms with E-state index in [4.69, 9.17) is 0 Å². The highest BCUT2D eigenvalue weighted by Crippen LogP contribution is 2.50. The molecule has 0 N–H and O–H groups in total. The number of rotatable bonds is 0. The summed E-state index contributed by atoms with van der Waals surface area (Å²) in [6.45, 7) is 0. The van der Waals surface area contributed by atoms with Gasteiger partial charge in [0.05, 0.1) is 0 Å². The molecule has 4 heteroatoms. The van der Waals surface area contributed by atoms with Crippen molar-refractivity contribution in [1.29, 1.82) is 0 Å². The molecule has 1 aliphatic carbocycles. The van der Waals surface area contributed by atoms with Crippen LogP contribution in [0, 0.1) is 12.8 Å². The predicted molar refractivity (Wildman–Crippen MR) is 27.7 cm³/mol. The molecule has 8 heavy (non-hydrogen) atoms. The van der Waals surface area contributed by atoms with Crippen LogP contribution >= 0.6 is 0 Å². The summed E-state index contributed by atoms with van der Waals surface area (Å²) in [5, 5.41) is 0. The van der Waals surface area contributed by atoms with Crippen LogP contribution in [0.4, 0.5) is 8.78 Å². The Bertz CT molecular complexity index is 88.6. The molecule has 1 fully saturated rings. The summed E-state index contributed by atoms with van der Waals surface area (Å²) >= 11 is 0. The molecule has 0 aliphatic heterocycles. The summed E-state index contributed by atoms with van der Waals surface area (Å²) in [5.74, 6) is -2.69. The molecule has 0 heterocycles. The van der Waals surface area contributed by atoms with E-state index < -0.39 is 10.6 Å². The number of hydrogen-bond acceptors (Lipinski definition) is 0. The maximum absolute atomic E-state index is 11.9. The van der Waals surface area contributed by atoms with Crippen LogP contribution in [0.15, 0.2) is 0 Å². The van der Waals surface area contributed by atoms with Crippen LogP contribution in [-0.2, 0) is 0 Å². The van der Waals surface area contributed by atoms with Gasteiger partial charge in [-0.25, -0.2) is 8.78 Å². The van der Waals surface area contributed by atoms with Gasteiger partial charge in [0.1, 0.15) is 0 Å². The summed E-state index contributed by atoms with van der Waals surface area (Å²) in [5.41, 5.74) is 0. The Kier molecular flexibility index (Phi) is 1.13. The fourth-order valence-electron chi connectivity index (χ4n) is 0.594. The number of alkyl halides is 2. The third kappa shape index (κ3) is 1.17. The molecule has 0 spiro atoms. The van der Waals surface area contributed by atoms with Gasteiger partial charge in [-0.15, -0.1) is 0 Å². The van der Waals surface area contributed by atoms with Crippen molar-refractivity contribution in [3.8, 4) is 0 Å². The van der Waals surface area contributed by atoms with Gasteiger partial charge in [0, 0.05) is 33.3 Å². The van der Waals surface area contributed by atoms with Gasteiger partial charge in [0.25, 0.3) is 5.92 Å². The molecular weight excluding hydrogens is 142 g/mol. The largest absolute Gasteiger partial charge is 0.254 e. The summed E-state index contributed by atoms with van der Waals surface area (Å²) in [6.07, 6.45) is 1.74. The lowest BCUT2D eigenvalue weighted by Gasteiger charge is -2.40. The Hall–Kier alpha value is 0.294. The van der Waals surface area contributed by atoms with E-state index in [-0.39, 0.29) is 0 Å². The Balaban J connectivity index is 2.42. The van der Waals surface area contributed by atoms with E-state index in [0.29, 0.717) is 0 Å². The minimum Gasteiger partial charge on any atom is -0.206 e. The average molecular weight is 144 g/mol. The van der Waals surface area contributed by atoms with Gasteiger partial charge < -0.3 is 0 Å². The Morgan fingerprint density at radius 1 is 1.12 bits per heavy atom. The minimum atomic E-state index is -2.69. The van der Waals surface area contributed by atoms with Crippen molar-refractivity contribution in [1.82, 2.24) is 0 Å². The van der Waals surface area contributed by atoms with Crippen LogP contribution in [0.5, 0.6) is 0 Å². The highest BCUT2D eigenvalue weighted by atomic mass is 28.2. The minimum absolute atomic E-state index is 0.733. The molecule has 1 saturated carbocycles. The second-order valence-corrected chi connectivity index (χ2v) is 3.99. The molecule has 0 bridgehead atoms. The van der Waals surface area contributed by atoms with Crippen molar-refractivity contribution in [2.24, 2.45) is 0 Å². The molecule has 8 radical (unpaired) electrons. The van der Waals surface area contributed by atoms with Crippen LogP contribution in [0.3, 0.4) is 0 Å². The quantitative estimate of drug-likeness (QED) is 0.434. The van der Waals surface area contributed by atoms with Gasteiger partial charge in [0.15, 0.2) is 0 Å². The lowest BCUT2D eigenvalue weighted by atomic mass is 9.93. The highest BCUT2D eigenvalue weighted by Gasteiger charge is 2.51. The van der Waals surface area contributed by atoms with Gasteiger partial charge in [-0.1, -0.05) is 0 Å². The molecule has 0 amide bonds. The summed E-state index contributed by atoms with van der Waals surface area (Å²) in [6, 6.07) is 0. The van der Waals surface area contributed by atoms with Crippen molar-refractivity contribution in [2.75, 3.05) is 0 Å². The Labute approximate surface area is 53.5 Å². The van der Waals surface area contributed by atoms with E-state index in [0.717, 1.165) is 12.8 Å². The van der Waals surface area contributed by atoms with Gasteiger partial charge in [-0.05, 0) is 4.66 Å². The Morgan fingerprint density at radius 2 is 1.50 bits per heavy atom. The third-order valence-corrected chi connectivity index (χ3v) is 1.42. The molecule has 0 unspecified atom stereocenters. The van der Waals surface area contributed by atoms with E-state index in [2.05, 4.69) is 20.5 Å². The zero-order valence-electron chi connectivity index (χ0n) is 3.91. The van der Waals surface area contributed by atoms with Crippen molar-refractivity contribution in [3.05, 3.63) is 12.8 Å². The maximum atomic E-state index is 11.9. The van der Waals surface area contributed by atoms with E-state index in [9.17, 15) is 8.78 Å². The lowest BCUT2D eigenvalue weighted by molar-refractivity contribution is 0.0297. The molecule has 0 nitrogen and oxygen atoms in total. The van der Waals surface area contributed by atoms with E-state index >= 15 is 0 Å². The third-order valence-electron chi connectivity index (χ3n) is 0.840. The standard InChI is InChI=1S/C4H2F2Si2/c5-3(6)1-4(7,8)2-3/h1-2H. The summed E-state index contributed by atoms with van der Waals surface area (Å²) in [4.78, 5) is 0. The fraction of sp³-hybridized carbons (Fsp3) is 0.500. The monoisotopic (exact) mass is 144 g/mol. The topological polar surface area (TPSA) is 0 Å². The van der Waals surface area contributed by atoms with Gasteiger partial charge >= 0.3 is 0 Å². The zero-order chi connectivity index (χ0) is 6.41. The molecular formula is C4H2F2Si2. The smallest absolute Gasteiger partial charge is 0.206 e. The molecule has 1 aliphatic rings. The van der Waals surface area contributed by atoms with Crippen LogP contribution in [0.25, 0.3) is 0 Å². The summed E-state index contributed by atoms with van der Waals surface area (Å²) in [7, 11) is 6.02. The first kappa shape index (κ1) is 6.41. The summed E-state index contributed by atoms with van der Waals surface area (Å²) < 4.78 is 23.0. The van der Waals surface area contributed by atoms with Crippen LogP contribution in [0.1, 0.15) is 0 Å². The molecule has 0 aromatic heterocycles. The molecule has 0 atom stereocenters. The molecule has 1 rings (SSSR count). The van der Waals surface area contributed by atoms with Gasteiger partial charge in [0.2, 0.25) is 0 Å². The van der Waals surface area contributed by atoms with Crippen LogP contribution in [-0.4, -0.2) is 26.4 Å². The van der Waals surface area contributed by atoms with E-state index in [1.165, 1.54) is 0 Å².